The minimum atomic E-state index is -0.238. The zero-order valence-electron chi connectivity index (χ0n) is 11.5. The molecular weight excluding hydrogens is 278 g/mol. The van der Waals surface area contributed by atoms with E-state index in [1.54, 1.807) is 22.9 Å². The third-order valence-corrected chi connectivity index (χ3v) is 2.77. The Morgan fingerprint density at radius 3 is 2.85 bits per heavy atom. The van der Waals surface area contributed by atoms with Crippen molar-refractivity contribution in [1.29, 1.82) is 0 Å². The van der Waals surface area contributed by atoms with E-state index >= 15 is 0 Å². The summed E-state index contributed by atoms with van der Waals surface area (Å²) in [5.74, 6) is 0.0986. The molecular formula is C13H18ClN5O. The van der Waals surface area contributed by atoms with Crippen LogP contribution in [0.5, 0.6) is 0 Å². The Hall–Kier alpha value is -2.08. The van der Waals surface area contributed by atoms with E-state index in [1.807, 2.05) is 20.2 Å². The highest BCUT2D eigenvalue weighted by Crippen LogP contribution is 2.07. The van der Waals surface area contributed by atoms with Crippen LogP contribution in [0.3, 0.4) is 0 Å². The molecule has 0 aliphatic heterocycles. The molecule has 0 atom stereocenters. The molecule has 108 valence electrons. The second kappa shape index (κ2) is 6.91. The second-order valence-electron chi connectivity index (χ2n) is 4.26. The van der Waals surface area contributed by atoms with E-state index in [4.69, 9.17) is 5.73 Å². The quantitative estimate of drug-likeness (QED) is 0.890. The summed E-state index contributed by atoms with van der Waals surface area (Å²) in [5, 5.41) is 7.14. The van der Waals surface area contributed by atoms with Gasteiger partial charge in [-0.25, -0.2) is 4.98 Å². The van der Waals surface area contributed by atoms with Gasteiger partial charge in [0.05, 0.1) is 5.69 Å². The van der Waals surface area contributed by atoms with E-state index in [1.165, 1.54) is 0 Å². The summed E-state index contributed by atoms with van der Waals surface area (Å²) in [5.41, 5.74) is 7.87. The number of nitrogen functional groups attached to an aromatic ring is 1. The Morgan fingerprint density at radius 1 is 1.45 bits per heavy atom. The monoisotopic (exact) mass is 295 g/mol. The molecule has 0 aliphatic rings. The van der Waals surface area contributed by atoms with Gasteiger partial charge in [-0.2, -0.15) is 5.10 Å². The fourth-order valence-corrected chi connectivity index (χ4v) is 1.87. The lowest BCUT2D eigenvalue weighted by Crippen LogP contribution is -2.24. The van der Waals surface area contributed by atoms with Crippen LogP contribution in [0.15, 0.2) is 24.4 Å². The molecule has 2 rings (SSSR count). The molecule has 0 saturated carbocycles. The summed E-state index contributed by atoms with van der Waals surface area (Å²) >= 11 is 0. The van der Waals surface area contributed by atoms with Gasteiger partial charge in [0.25, 0.3) is 5.91 Å². The van der Waals surface area contributed by atoms with Gasteiger partial charge in [-0.1, -0.05) is 13.0 Å². The first-order valence-corrected chi connectivity index (χ1v) is 6.12. The van der Waals surface area contributed by atoms with Crippen LogP contribution in [0.25, 0.3) is 0 Å². The molecule has 20 heavy (non-hydrogen) atoms. The molecule has 6 nitrogen and oxygen atoms in total. The lowest BCUT2D eigenvalue weighted by molar-refractivity contribution is 0.0946. The van der Waals surface area contributed by atoms with Gasteiger partial charge in [0, 0.05) is 25.4 Å². The van der Waals surface area contributed by atoms with Crippen molar-refractivity contribution in [3.8, 4) is 0 Å². The minimum Gasteiger partial charge on any atom is -0.384 e. The van der Waals surface area contributed by atoms with Gasteiger partial charge in [-0.3, -0.25) is 9.48 Å². The number of pyridine rings is 1. The van der Waals surface area contributed by atoms with E-state index in [0.29, 0.717) is 18.1 Å². The van der Waals surface area contributed by atoms with E-state index < -0.39 is 0 Å². The van der Waals surface area contributed by atoms with Gasteiger partial charge in [0.15, 0.2) is 0 Å². The maximum Gasteiger partial charge on any atom is 0.270 e. The molecule has 0 saturated heterocycles. The number of hydrogen-bond acceptors (Lipinski definition) is 4. The number of nitrogens with one attached hydrogen (secondary N) is 1. The minimum absolute atomic E-state index is 0. The van der Waals surface area contributed by atoms with E-state index in [0.717, 1.165) is 17.7 Å². The highest BCUT2D eigenvalue weighted by Gasteiger charge is 2.10. The van der Waals surface area contributed by atoms with Gasteiger partial charge >= 0.3 is 0 Å². The third kappa shape index (κ3) is 3.71. The highest BCUT2D eigenvalue weighted by atomic mass is 35.5. The van der Waals surface area contributed by atoms with Crippen LogP contribution in [0.4, 0.5) is 5.82 Å². The Labute approximate surface area is 123 Å². The third-order valence-electron chi connectivity index (χ3n) is 2.77. The van der Waals surface area contributed by atoms with Crippen LogP contribution in [-0.4, -0.2) is 20.7 Å². The summed E-state index contributed by atoms with van der Waals surface area (Å²) in [7, 11) is 1.87. The predicted molar refractivity (Wildman–Crippen MR) is 79.7 cm³/mol. The van der Waals surface area contributed by atoms with Crippen molar-refractivity contribution in [1.82, 2.24) is 20.1 Å². The zero-order chi connectivity index (χ0) is 13.8. The molecule has 2 heterocycles. The van der Waals surface area contributed by atoms with Gasteiger partial charge < -0.3 is 11.1 Å². The van der Waals surface area contributed by atoms with Crippen LogP contribution < -0.4 is 11.1 Å². The fourth-order valence-electron chi connectivity index (χ4n) is 1.87. The van der Waals surface area contributed by atoms with E-state index in [9.17, 15) is 4.79 Å². The first-order chi connectivity index (χ1) is 9.10. The number of amides is 1. The fraction of sp³-hybridized carbons (Fsp3) is 0.308. The molecule has 0 fully saturated rings. The van der Waals surface area contributed by atoms with Gasteiger partial charge in [-0.15, -0.1) is 12.4 Å². The number of hydrogen-bond donors (Lipinski definition) is 2. The first-order valence-electron chi connectivity index (χ1n) is 6.12. The number of nitrogens with two attached hydrogens (primary N) is 1. The Balaban J connectivity index is 0.00000200. The van der Waals surface area contributed by atoms with Crippen molar-refractivity contribution in [2.75, 3.05) is 5.73 Å². The molecule has 0 bridgehead atoms. The Kier molecular flexibility index (Phi) is 5.52. The predicted octanol–water partition coefficient (Wildman–Crippen LogP) is 1.31. The number of carbonyl (C=O) groups is 1. The van der Waals surface area contributed by atoms with Crippen LogP contribution in [0.1, 0.15) is 28.7 Å². The van der Waals surface area contributed by atoms with Crippen molar-refractivity contribution in [3.63, 3.8) is 0 Å². The maximum absolute atomic E-state index is 11.9. The molecule has 1 amide bonds. The maximum atomic E-state index is 11.9. The number of anilines is 1. The molecule has 0 unspecified atom stereocenters. The molecule has 3 N–H and O–H groups in total. The van der Waals surface area contributed by atoms with Crippen LogP contribution in [-0.2, 0) is 20.0 Å². The molecule has 2 aromatic rings. The normalized spacial score (nSPS) is 9.90. The zero-order valence-corrected chi connectivity index (χ0v) is 12.3. The number of halogens is 1. The van der Waals surface area contributed by atoms with Crippen molar-refractivity contribution >= 4 is 24.1 Å². The van der Waals surface area contributed by atoms with Gasteiger partial charge in [0.2, 0.25) is 0 Å². The number of aromatic nitrogens is 3. The standard InChI is InChI=1S/C13H17N5O.ClH/c1-3-10-9(8-18(2)17-10)7-15-13(19)11-5-4-6-12(14)16-11;/h4-6,8H,3,7H2,1-2H3,(H2,14,16)(H,15,19);1H. The summed E-state index contributed by atoms with van der Waals surface area (Å²) in [6.45, 7) is 2.47. The summed E-state index contributed by atoms with van der Waals surface area (Å²) in [6.07, 6.45) is 2.74. The number of aryl methyl sites for hydroxylation is 2. The SMILES string of the molecule is CCc1nn(C)cc1CNC(=O)c1cccc(N)n1.Cl. The molecule has 0 aliphatic carbocycles. The van der Waals surface area contributed by atoms with Crippen molar-refractivity contribution in [2.24, 2.45) is 7.05 Å². The largest absolute Gasteiger partial charge is 0.384 e. The second-order valence-corrected chi connectivity index (χ2v) is 4.26. The lowest BCUT2D eigenvalue weighted by Gasteiger charge is -2.04. The molecule has 7 heteroatoms. The van der Waals surface area contributed by atoms with E-state index in [-0.39, 0.29) is 18.3 Å². The van der Waals surface area contributed by atoms with Crippen LogP contribution >= 0.6 is 12.4 Å². The average molecular weight is 296 g/mol. The van der Waals surface area contributed by atoms with Crippen LogP contribution in [0, 0.1) is 0 Å². The Bertz CT molecular complexity index is 596. The first kappa shape index (κ1) is 16.0. The topological polar surface area (TPSA) is 85.8 Å². The summed E-state index contributed by atoms with van der Waals surface area (Å²) in [4.78, 5) is 15.9. The molecule has 2 aromatic heterocycles. The number of rotatable bonds is 4. The highest BCUT2D eigenvalue weighted by molar-refractivity contribution is 5.92. The number of carbonyl (C=O) groups excluding carboxylic acids is 1. The van der Waals surface area contributed by atoms with Crippen LogP contribution in [0.2, 0.25) is 0 Å². The number of nitrogens with zero attached hydrogens (tertiary/aromatic N) is 3. The van der Waals surface area contributed by atoms with Gasteiger partial charge in [0.1, 0.15) is 11.5 Å². The average Bonchev–Trinajstić information content (AvgIpc) is 2.76. The van der Waals surface area contributed by atoms with Gasteiger partial charge in [-0.05, 0) is 18.6 Å². The molecule has 0 spiro atoms. The smallest absolute Gasteiger partial charge is 0.270 e. The van der Waals surface area contributed by atoms with E-state index in [2.05, 4.69) is 15.4 Å². The lowest BCUT2D eigenvalue weighted by atomic mass is 10.2. The molecule has 0 radical (unpaired) electrons. The summed E-state index contributed by atoms with van der Waals surface area (Å²) < 4.78 is 1.75. The molecule has 0 aromatic carbocycles. The summed E-state index contributed by atoms with van der Waals surface area (Å²) in [6, 6.07) is 4.99. The van der Waals surface area contributed by atoms with Crippen molar-refractivity contribution < 1.29 is 4.79 Å². The van der Waals surface area contributed by atoms with Crippen molar-refractivity contribution in [3.05, 3.63) is 41.3 Å². The van der Waals surface area contributed by atoms with Crippen molar-refractivity contribution in [2.45, 2.75) is 19.9 Å². The Morgan fingerprint density at radius 2 is 2.20 bits per heavy atom.